The van der Waals surface area contributed by atoms with Crippen molar-refractivity contribution in [1.82, 2.24) is 10.3 Å². The fourth-order valence-electron chi connectivity index (χ4n) is 2.68. The predicted octanol–water partition coefficient (Wildman–Crippen LogP) is 3.00. The Morgan fingerprint density at radius 1 is 1.32 bits per heavy atom. The molecule has 5 nitrogen and oxygen atoms in total. The monoisotopic (exact) mass is 345 g/mol. The van der Waals surface area contributed by atoms with Gasteiger partial charge in [-0.1, -0.05) is 30.3 Å². The summed E-state index contributed by atoms with van der Waals surface area (Å²) >= 11 is 0. The number of alkyl halides is 2. The molecule has 25 heavy (non-hydrogen) atoms. The minimum Gasteiger partial charge on any atom is -0.417 e. The van der Waals surface area contributed by atoms with Gasteiger partial charge in [-0.15, -0.1) is 0 Å². The van der Waals surface area contributed by atoms with Crippen LogP contribution in [0.25, 0.3) is 0 Å². The van der Waals surface area contributed by atoms with Crippen molar-refractivity contribution in [2.45, 2.75) is 32.5 Å². The van der Waals surface area contributed by atoms with Gasteiger partial charge in [-0.05, 0) is 24.1 Å². The summed E-state index contributed by atoms with van der Waals surface area (Å²) in [7, 11) is 0. The molecule has 7 heteroatoms. The standard InChI is InChI=1S/C18H17F2N3O2/c1-11(12-5-3-2-4-6-12)23-16(24)8-14-7-13-9-22-17(25-18(19)20)15(13)10-21-14/h2-7,10-11,18H,8-9H2,1H3,(H,23,24)/t11-/m1/s1. The van der Waals surface area contributed by atoms with Gasteiger partial charge in [0.05, 0.1) is 30.3 Å². The second-order valence-electron chi connectivity index (χ2n) is 5.71. The fraction of sp³-hybridized carbons (Fsp3) is 0.278. The molecule has 0 aliphatic carbocycles. The van der Waals surface area contributed by atoms with Crippen LogP contribution in [0.15, 0.2) is 47.6 Å². The number of ether oxygens (including phenoxy) is 1. The molecule has 0 spiro atoms. The first-order chi connectivity index (χ1) is 12.0. The van der Waals surface area contributed by atoms with Gasteiger partial charge in [0, 0.05) is 6.20 Å². The number of fused-ring (bicyclic) bond motifs is 1. The summed E-state index contributed by atoms with van der Waals surface area (Å²) in [6, 6.07) is 11.2. The molecule has 3 rings (SSSR count). The molecule has 2 aromatic rings. The van der Waals surface area contributed by atoms with Crippen LogP contribution in [0.4, 0.5) is 8.78 Å². The van der Waals surface area contributed by atoms with Crippen molar-refractivity contribution in [3.63, 3.8) is 0 Å². The van der Waals surface area contributed by atoms with Crippen LogP contribution in [0, 0.1) is 0 Å². The van der Waals surface area contributed by atoms with E-state index in [0.717, 1.165) is 11.1 Å². The van der Waals surface area contributed by atoms with E-state index in [9.17, 15) is 13.6 Å². The van der Waals surface area contributed by atoms with Crippen LogP contribution in [0.3, 0.4) is 0 Å². The number of benzene rings is 1. The van der Waals surface area contributed by atoms with Crippen molar-refractivity contribution in [2.75, 3.05) is 0 Å². The third kappa shape index (κ3) is 4.17. The van der Waals surface area contributed by atoms with E-state index < -0.39 is 6.61 Å². The maximum Gasteiger partial charge on any atom is 0.388 e. The molecule has 2 heterocycles. The maximum absolute atomic E-state index is 12.3. The van der Waals surface area contributed by atoms with E-state index in [1.807, 2.05) is 37.3 Å². The maximum atomic E-state index is 12.3. The summed E-state index contributed by atoms with van der Waals surface area (Å²) in [4.78, 5) is 20.3. The van der Waals surface area contributed by atoms with E-state index >= 15 is 0 Å². The molecule has 0 saturated heterocycles. The van der Waals surface area contributed by atoms with Gasteiger partial charge < -0.3 is 10.1 Å². The Hall–Kier alpha value is -2.83. The van der Waals surface area contributed by atoms with E-state index in [1.165, 1.54) is 6.20 Å². The summed E-state index contributed by atoms with van der Waals surface area (Å²) in [5, 5.41) is 2.92. The molecule has 0 bridgehead atoms. The Kier molecular flexibility index (Phi) is 5.02. The highest BCUT2D eigenvalue weighted by Crippen LogP contribution is 2.21. The number of rotatable bonds is 5. The van der Waals surface area contributed by atoms with Gasteiger partial charge >= 0.3 is 6.61 Å². The highest BCUT2D eigenvalue weighted by molar-refractivity contribution is 5.97. The van der Waals surface area contributed by atoms with Crippen LogP contribution in [-0.2, 0) is 22.5 Å². The lowest BCUT2D eigenvalue weighted by molar-refractivity contribution is -0.121. The predicted molar refractivity (Wildman–Crippen MR) is 88.3 cm³/mol. The van der Waals surface area contributed by atoms with Crippen molar-refractivity contribution < 1.29 is 18.3 Å². The third-order valence-corrected chi connectivity index (χ3v) is 3.89. The van der Waals surface area contributed by atoms with Gasteiger partial charge in [-0.25, -0.2) is 4.99 Å². The zero-order chi connectivity index (χ0) is 17.8. The first-order valence-electron chi connectivity index (χ1n) is 7.84. The molecule has 130 valence electrons. The molecule has 0 fully saturated rings. The number of aliphatic imine (C=N–C) groups is 1. The van der Waals surface area contributed by atoms with E-state index in [2.05, 4.69) is 20.0 Å². The summed E-state index contributed by atoms with van der Waals surface area (Å²) < 4.78 is 29.0. The van der Waals surface area contributed by atoms with Gasteiger partial charge in [0.1, 0.15) is 0 Å². The minimum atomic E-state index is -2.92. The second kappa shape index (κ2) is 7.38. The topological polar surface area (TPSA) is 63.6 Å². The first kappa shape index (κ1) is 17.0. The lowest BCUT2D eigenvalue weighted by Gasteiger charge is -2.14. The average molecular weight is 345 g/mol. The molecule has 0 radical (unpaired) electrons. The number of halogens is 2. The number of hydrogen-bond donors (Lipinski definition) is 1. The van der Waals surface area contributed by atoms with Gasteiger partial charge in [0.25, 0.3) is 0 Å². The van der Waals surface area contributed by atoms with Crippen molar-refractivity contribution in [3.05, 3.63) is 65.0 Å². The highest BCUT2D eigenvalue weighted by Gasteiger charge is 2.22. The number of nitrogens with one attached hydrogen (secondary N) is 1. The lowest BCUT2D eigenvalue weighted by Crippen LogP contribution is -2.28. The van der Waals surface area contributed by atoms with Gasteiger partial charge in [-0.3, -0.25) is 9.78 Å². The van der Waals surface area contributed by atoms with Crippen LogP contribution in [0.5, 0.6) is 0 Å². The molecule has 0 saturated carbocycles. The van der Waals surface area contributed by atoms with Gasteiger partial charge in [-0.2, -0.15) is 8.78 Å². The molecule has 1 atom stereocenters. The molecule has 1 amide bonds. The summed E-state index contributed by atoms with van der Waals surface area (Å²) in [6.07, 6.45) is 1.53. The van der Waals surface area contributed by atoms with E-state index in [-0.39, 0.29) is 30.8 Å². The largest absolute Gasteiger partial charge is 0.417 e. The van der Waals surface area contributed by atoms with Crippen LogP contribution >= 0.6 is 0 Å². The van der Waals surface area contributed by atoms with Crippen LogP contribution in [0.2, 0.25) is 0 Å². The number of hydrogen-bond acceptors (Lipinski definition) is 4. The van der Waals surface area contributed by atoms with Crippen molar-refractivity contribution in [1.29, 1.82) is 0 Å². The summed E-state index contributed by atoms with van der Waals surface area (Å²) in [5.41, 5.74) is 2.75. The Bertz CT molecular complexity index is 794. The normalized spacial score (nSPS) is 14.0. The zero-order valence-corrected chi connectivity index (χ0v) is 13.6. The van der Waals surface area contributed by atoms with Gasteiger partial charge in [0.2, 0.25) is 11.8 Å². The molecule has 1 aromatic heterocycles. The second-order valence-corrected chi connectivity index (χ2v) is 5.71. The minimum absolute atomic E-state index is 0.105. The molecule has 1 aliphatic heterocycles. The smallest absolute Gasteiger partial charge is 0.388 e. The zero-order valence-electron chi connectivity index (χ0n) is 13.6. The SMILES string of the molecule is C[C@@H](NC(=O)Cc1cc2c(cn1)C(OC(F)F)=NC2)c1ccccc1. The van der Waals surface area contributed by atoms with Crippen LogP contribution in [0.1, 0.15) is 35.3 Å². The molecular weight excluding hydrogens is 328 g/mol. The number of pyridine rings is 1. The van der Waals surface area contributed by atoms with Crippen LogP contribution < -0.4 is 5.32 Å². The Morgan fingerprint density at radius 2 is 2.08 bits per heavy atom. The average Bonchev–Trinajstić information content (AvgIpc) is 2.97. The number of nitrogens with zero attached hydrogens (tertiary/aromatic N) is 2. The highest BCUT2D eigenvalue weighted by atomic mass is 19.3. The third-order valence-electron chi connectivity index (χ3n) is 3.89. The van der Waals surface area contributed by atoms with Crippen molar-refractivity contribution in [2.24, 2.45) is 4.99 Å². The number of amides is 1. The van der Waals surface area contributed by atoms with E-state index in [4.69, 9.17) is 0 Å². The lowest BCUT2D eigenvalue weighted by atomic mass is 10.1. The summed E-state index contributed by atoms with van der Waals surface area (Å²) in [6.45, 7) is -0.769. The number of aromatic nitrogens is 1. The quantitative estimate of drug-likeness (QED) is 0.906. The van der Waals surface area contributed by atoms with E-state index in [1.54, 1.807) is 6.07 Å². The molecule has 0 unspecified atom stereocenters. The molecule has 1 N–H and O–H groups in total. The van der Waals surface area contributed by atoms with Crippen molar-refractivity contribution >= 4 is 11.8 Å². The fourth-order valence-corrected chi connectivity index (χ4v) is 2.68. The Balaban J connectivity index is 1.62. The molecule has 1 aliphatic rings. The Labute approximate surface area is 143 Å². The van der Waals surface area contributed by atoms with Crippen molar-refractivity contribution in [3.8, 4) is 0 Å². The van der Waals surface area contributed by atoms with E-state index in [0.29, 0.717) is 11.3 Å². The van der Waals surface area contributed by atoms with Crippen LogP contribution in [-0.4, -0.2) is 23.4 Å². The summed E-state index contributed by atoms with van der Waals surface area (Å²) in [5.74, 6) is -0.266. The number of carbonyl (C=O) groups excluding carboxylic acids is 1. The first-order valence-corrected chi connectivity index (χ1v) is 7.84. The molecular formula is C18H17F2N3O2. The number of carbonyl (C=O) groups is 1. The van der Waals surface area contributed by atoms with Gasteiger partial charge in [0.15, 0.2) is 0 Å². The molecule has 1 aromatic carbocycles. The Morgan fingerprint density at radius 3 is 2.80 bits per heavy atom.